The van der Waals surface area contributed by atoms with Crippen LogP contribution >= 0.6 is 11.6 Å². The maximum atomic E-state index is 9.19. The Kier molecular flexibility index (Phi) is 3.79. The smallest absolute Gasteiger partial charge is 0.138 e. The molecule has 0 saturated carbocycles. The highest BCUT2D eigenvalue weighted by Crippen LogP contribution is 2.29. The highest BCUT2D eigenvalue weighted by molar-refractivity contribution is 6.36. The minimum absolute atomic E-state index is 0.376. The number of aromatic nitrogens is 1. The van der Waals surface area contributed by atoms with Gasteiger partial charge in [0.2, 0.25) is 0 Å². The first-order valence-electron chi connectivity index (χ1n) is 5.23. The van der Waals surface area contributed by atoms with Crippen molar-refractivity contribution in [1.82, 2.24) is 4.98 Å². The minimum atomic E-state index is 0.376. The maximum absolute atomic E-state index is 9.19. The Hall–Kier alpha value is -2.07. The molecule has 4 nitrogen and oxygen atoms in total. The number of methoxy groups -OCH3 is 1. The summed E-state index contributed by atoms with van der Waals surface area (Å²) in [5.74, 6) is 0.532. The van der Waals surface area contributed by atoms with Gasteiger partial charge in [-0.3, -0.25) is 4.98 Å². The zero-order valence-corrected chi connectivity index (χ0v) is 10.4. The molecule has 1 aromatic carbocycles. The van der Waals surface area contributed by atoms with E-state index in [-0.39, 0.29) is 0 Å². The average Bonchev–Trinajstić information content (AvgIpc) is 2.43. The van der Waals surface area contributed by atoms with E-state index in [2.05, 4.69) is 10.1 Å². The zero-order valence-electron chi connectivity index (χ0n) is 9.67. The first-order valence-corrected chi connectivity index (χ1v) is 5.61. The Bertz CT molecular complexity index is 570. The molecule has 0 amide bonds. The van der Waals surface area contributed by atoms with Crippen LogP contribution < -0.4 is 4.74 Å². The van der Waals surface area contributed by atoms with Crippen molar-refractivity contribution in [2.75, 3.05) is 7.11 Å². The lowest BCUT2D eigenvalue weighted by atomic mass is 10.0. The van der Waals surface area contributed by atoms with Crippen molar-refractivity contribution >= 4 is 17.3 Å². The van der Waals surface area contributed by atoms with Crippen LogP contribution in [-0.2, 0) is 0 Å². The van der Waals surface area contributed by atoms with Gasteiger partial charge in [-0.15, -0.1) is 0 Å². The molecular weight excluding hydrogens is 252 g/mol. The van der Waals surface area contributed by atoms with Crippen molar-refractivity contribution < 1.29 is 9.94 Å². The number of oxime groups is 1. The third-order valence-corrected chi connectivity index (χ3v) is 2.88. The number of hydrogen-bond donors (Lipinski definition) is 1. The van der Waals surface area contributed by atoms with Crippen molar-refractivity contribution in [1.29, 1.82) is 0 Å². The molecule has 0 aliphatic carbocycles. The second-order valence-corrected chi connectivity index (χ2v) is 3.88. The topological polar surface area (TPSA) is 54.7 Å². The summed E-state index contributed by atoms with van der Waals surface area (Å²) in [5, 5.41) is 12.9. The van der Waals surface area contributed by atoms with Crippen LogP contribution in [0.2, 0.25) is 5.02 Å². The molecule has 18 heavy (non-hydrogen) atoms. The number of pyridine rings is 1. The largest absolute Gasteiger partial charge is 0.495 e. The lowest BCUT2D eigenvalue weighted by Crippen LogP contribution is -2.05. The molecule has 0 fully saturated rings. The fourth-order valence-electron chi connectivity index (χ4n) is 1.63. The van der Waals surface area contributed by atoms with Gasteiger partial charge in [0.05, 0.1) is 12.1 Å². The molecule has 92 valence electrons. The Morgan fingerprint density at radius 3 is 2.61 bits per heavy atom. The molecule has 0 aliphatic rings. The summed E-state index contributed by atoms with van der Waals surface area (Å²) < 4.78 is 5.14. The van der Waals surface area contributed by atoms with Crippen LogP contribution in [0.25, 0.3) is 0 Å². The van der Waals surface area contributed by atoms with Crippen molar-refractivity contribution in [3.05, 3.63) is 58.9 Å². The Labute approximate surface area is 109 Å². The Balaban J connectivity index is 2.54. The van der Waals surface area contributed by atoms with Gasteiger partial charge in [0.15, 0.2) is 0 Å². The predicted molar refractivity (Wildman–Crippen MR) is 69.7 cm³/mol. The van der Waals surface area contributed by atoms with Crippen LogP contribution in [0.4, 0.5) is 0 Å². The van der Waals surface area contributed by atoms with Crippen LogP contribution in [0, 0.1) is 0 Å². The maximum Gasteiger partial charge on any atom is 0.138 e. The van der Waals surface area contributed by atoms with E-state index in [1.165, 1.54) is 7.11 Å². The zero-order chi connectivity index (χ0) is 13.0. The number of rotatable bonds is 3. The molecule has 0 radical (unpaired) electrons. The molecule has 0 aliphatic heterocycles. The van der Waals surface area contributed by atoms with Gasteiger partial charge in [-0.25, -0.2) is 0 Å². The molecule has 0 saturated heterocycles. The number of hydrogen-bond acceptors (Lipinski definition) is 4. The average molecular weight is 263 g/mol. The first-order chi connectivity index (χ1) is 8.77. The lowest BCUT2D eigenvalue weighted by molar-refractivity contribution is 0.319. The van der Waals surface area contributed by atoms with E-state index in [1.807, 2.05) is 0 Å². The third-order valence-electron chi connectivity index (χ3n) is 2.49. The molecule has 5 heteroatoms. The molecule has 0 atom stereocenters. The predicted octanol–water partition coefficient (Wildman–Crippen LogP) is 2.97. The van der Waals surface area contributed by atoms with E-state index >= 15 is 0 Å². The summed E-state index contributed by atoms with van der Waals surface area (Å²) in [6, 6.07) is 8.77. The summed E-state index contributed by atoms with van der Waals surface area (Å²) in [6.07, 6.45) is 3.24. The van der Waals surface area contributed by atoms with E-state index < -0.39 is 0 Å². The normalized spacial score (nSPS) is 11.3. The second-order valence-electron chi connectivity index (χ2n) is 3.51. The van der Waals surface area contributed by atoms with Crippen molar-refractivity contribution in [2.45, 2.75) is 0 Å². The monoisotopic (exact) mass is 262 g/mol. The summed E-state index contributed by atoms with van der Waals surface area (Å²) in [6.45, 7) is 0. The van der Waals surface area contributed by atoms with Crippen molar-refractivity contribution in [2.24, 2.45) is 5.16 Å². The molecular formula is C13H11ClN2O2. The highest BCUT2D eigenvalue weighted by Gasteiger charge is 2.14. The van der Waals surface area contributed by atoms with Gasteiger partial charge in [0, 0.05) is 23.5 Å². The lowest BCUT2D eigenvalue weighted by Gasteiger charge is -2.09. The molecule has 0 bridgehead atoms. The molecule has 1 N–H and O–H groups in total. The van der Waals surface area contributed by atoms with Crippen LogP contribution in [-0.4, -0.2) is 23.0 Å². The van der Waals surface area contributed by atoms with Crippen LogP contribution in [0.3, 0.4) is 0 Å². The van der Waals surface area contributed by atoms with Crippen molar-refractivity contribution in [3.63, 3.8) is 0 Å². The molecule has 0 unspecified atom stereocenters. The van der Waals surface area contributed by atoms with E-state index in [0.717, 1.165) is 5.56 Å². The highest BCUT2D eigenvalue weighted by atomic mass is 35.5. The number of benzene rings is 1. The van der Waals surface area contributed by atoms with Gasteiger partial charge < -0.3 is 9.94 Å². The van der Waals surface area contributed by atoms with Gasteiger partial charge in [0.25, 0.3) is 0 Å². The van der Waals surface area contributed by atoms with E-state index in [9.17, 15) is 5.21 Å². The fourth-order valence-corrected chi connectivity index (χ4v) is 1.92. The summed E-state index contributed by atoms with van der Waals surface area (Å²) in [4.78, 5) is 3.92. The van der Waals surface area contributed by atoms with Crippen molar-refractivity contribution in [3.8, 4) is 5.75 Å². The fraction of sp³-hybridized carbons (Fsp3) is 0.0769. The molecule has 1 heterocycles. The van der Waals surface area contributed by atoms with E-state index in [1.54, 1.807) is 42.7 Å². The molecule has 0 spiro atoms. The van der Waals surface area contributed by atoms with Crippen LogP contribution in [0.15, 0.2) is 47.9 Å². The molecule has 1 aromatic heterocycles. The number of ether oxygens (including phenoxy) is 1. The SMILES string of the molecule is COc1cccc(/C(=N\O)c2ccncc2)c1Cl. The minimum Gasteiger partial charge on any atom is -0.495 e. The molecule has 2 rings (SSSR count). The summed E-state index contributed by atoms with van der Waals surface area (Å²) in [7, 11) is 1.53. The standard InChI is InChI=1S/C13H11ClN2O2/c1-18-11-4-2-3-10(12(11)14)13(16-17)9-5-7-15-8-6-9/h2-8,17H,1H3/b16-13-. The number of halogens is 1. The first kappa shape index (κ1) is 12.4. The van der Waals surface area contributed by atoms with Crippen LogP contribution in [0.1, 0.15) is 11.1 Å². The summed E-state index contributed by atoms with van der Waals surface area (Å²) in [5.41, 5.74) is 1.70. The van der Waals surface area contributed by atoms with Gasteiger partial charge >= 0.3 is 0 Å². The summed E-state index contributed by atoms with van der Waals surface area (Å²) >= 11 is 6.20. The third kappa shape index (κ3) is 2.28. The quantitative estimate of drug-likeness (QED) is 0.526. The van der Waals surface area contributed by atoms with Crippen LogP contribution in [0.5, 0.6) is 5.75 Å². The van der Waals surface area contributed by atoms with Gasteiger partial charge in [-0.1, -0.05) is 28.9 Å². The van der Waals surface area contributed by atoms with E-state index in [4.69, 9.17) is 16.3 Å². The van der Waals surface area contributed by atoms with E-state index in [0.29, 0.717) is 22.0 Å². The number of nitrogens with zero attached hydrogens (tertiary/aromatic N) is 2. The van der Waals surface area contributed by atoms with Gasteiger partial charge in [0.1, 0.15) is 11.5 Å². The Morgan fingerprint density at radius 2 is 2.00 bits per heavy atom. The van der Waals surface area contributed by atoms with Gasteiger partial charge in [-0.05, 0) is 18.2 Å². The van der Waals surface area contributed by atoms with Gasteiger partial charge in [-0.2, -0.15) is 0 Å². The Morgan fingerprint density at radius 1 is 1.28 bits per heavy atom. The second kappa shape index (κ2) is 5.51. The molecule has 2 aromatic rings.